The van der Waals surface area contributed by atoms with Crippen molar-refractivity contribution in [2.75, 3.05) is 0 Å². The summed E-state index contributed by atoms with van der Waals surface area (Å²) in [6, 6.07) is 3.94. The maximum atomic E-state index is 12.3. The molecule has 16 heavy (non-hydrogen) atoms. The van der Waals surface area contributed by atoms with Crippen LogP contribution in [0.1, 0.15) is 11.5 Å². The molecule has 0 fully saturated rings. The smallest absolute Gasteiger partial charge is 0.170 e. The van der Waals surface area contributed by atoms with E-state index in [1.165, 1.54) is 6.07 Å². The Balaban J connectivity index is 3.23. The summed E-state index contributed by atoms with van der Waals surface area (Å²) in [5, 5.41) is 0. The van der Waals surface area contributed by atoms with Gasteiger partial charge in [0.2, 0.25) is 0 Å². The highest BCUT2D eigenvalue weighted by atomic mass is 32.1. The summed E-state index contributed by atoms with van der Waals surface area (Å²) in [6.45, 7) is 0. The van der Waals surface area contributed by atoms with Crippen molar-refractivity contribution >= 4 is 12.6 Å². The number of hydrogen-bond donors (Lipinski definition) is 1. The first kappa shape index (κ1) is 13.2. The second-order valence-electron chi connectivity index (χ2n) is 3.11. The van der Waals surface area contributed by atoms with E-state index in [1.807, 2.05) is 0 Å². The van der Waals surface area contributed by atoms with E-state index in [2.05, 4.69) is 12.6 Å². The van der Waals surface area contributed by atoms with Crippen LogP contribution < -0.4 is 0 Å². The molecule has 0 heterocycles. The molecule has 0 aliphatic rings. The van der Waals surface area contributed by atoms with Crippen molar-refractivity contribution in [3.05, 3.63) is 29.8 Å². The van der Waals surface area contributed by atoms with Gasteiger partial charge in [-0.3, -0.25) is 0 Å². The molecule has 0 aromatic heterocycles. The molecule has 1 aromatic rings. The molecule has 1 aromatic carbocycles. The van der Waals surface area contributed by atoms with Gasteiger partial charge in [-0.15, -0.1) is 12.6 Å². The van der Waals surface area contributed by atoms with Gasteiger partial charge in [0.1, 0.15) is 0 Å². The Bertz CT molecular complexity index is 353. The lowest BCUT2D eigenvalue weighted by atomic mass is 9.98. The molecule has 0 saturated carbocycles. The van der Waals surface area contributed by atoms with Gasteiger partial charge in [-0.1, -0.05) is 12.1 Å². The molecule has 0 aliphatic carbocycles. The Morgan fingerprint density at radius 3 is 1.81 bits per heavy atom. The normalized spacial score (nSPS) is 13.2. The van der Waals surface area contributed by atoms with E-state index in [0.29, 0.717) is 0 Å². The highest BCUT2D eigenvalue weighted by molar-refractivity contribution is 7.80. The number of benzene rings is 1. The van der Waals surface area contributed by atoms with Crippen molar-refractivity contribution in [3.63, 3.8) is 0 Å². The summed E-state index contributed by atoms with van der Waals surface area (Å²) in [6.07, 6.45) is -10.7. The average molecular weight is 260 g/mol. The van der Waals surface area contributed by atoms with E-state index in [-0.39, 0.29) is 4.90 Å². The zero-order valence-corrected chi connectivity index (χ0v) is 8.50. The van der Waals surface area contributed by atoms with Gasteiger partial charge < -0.3 is 0 Å². The first-order valence-electron chi connectivity index (χ1n) is 4.04. The molecule has 1 rings (SSSR count). The van der Waals surface area contributed by atoms with Gasteiger partial charge in [0.05, 0.1) is 0 Å². The molecule has 0 radical (unpaired) electrons. The van der Waals surface area contributed by atoms with E-state index >= 15 is 0 Å². The lowest BCUT2D eigenvalue weighted by molar-refractivity contribution is -0.253. The Morgan fingerprint density at radius 1 is 0.938 bits per heavy atom. The van der Waals surface area contributed by atoms with Crippen LogP contribution in [0.25, 0.3) is 0 Å². The van der Waals surface area contributed by atoms with E-state index in [9.17, 15) is 26.3 Å². The molecular weight excluding hydrogens is 254 g/mol. The lowest BCUT2D eigenvalue weighted by Gasteiger charge is -2.23. The van der Waals surface area contributed by atoms with Gasteiger partial charge in [-0.05, 0) is 17.7 Å². The van der Waals surface area contributed by atoms with Crippen LogP contribution in [0.4, 0.5) is 26.3 Å². The van der Waals surface area contributed by atoms with Crippen LogP contribution in [-0.4, -0.2) is 12.4 Å². The SMILES string of the molecule is FC(F)(F)C(c1cccc(S)c1)C(F)(F)F. The molecule has 90 valence electrons. The van der Waals surface area contributed by atoms with Crippen molar-refractivity contribution in [1.82, 2.24) is 0 Å². The lowest BCUT2D eigenvalue weighted by Crippen LogP contribution is -2.34. The molecular formula is C9H6F6S. The van der Waals surface area contributed by atoms with E-state index in [0.717, 1.165) is 18.2 Å². The minimum Gasteiger partial charge on any atom is -0.170 e. The highest BCUT2D eigenvalue weighted by Crippen LogP contribution is 2.46. The largest absolute Gasteiger partial charge is 0.404 e. The standard InChI is InChI=1S/C9H6F6S/c10-8(11,12)7(9(13,14)15)5-2-1-3-6(16)4-5/h1-4,7,16H. The maximum absolute atomic E-state index is 12.3. The zero-order chi connectivity index (χ0) is 12.6. The van der Waals surface area contributed by atoms with Crippen molar-refractivity contribution in [3.8, 4) is 0 Å². The Morgan fingerprint density at radius 2 is 1.44 bits per heavy atom. The molecule has 0 atom stereocenters. The number of thiol groups is 1. The van der Waals surface area contributed by atoms with Gasteiger partial charge in [-0.2, -0.15) is 26.3 Å². The average Bonchev–Trinajstić information content (AvgIpc) is 1.97. The van der Waals surface area contributed by atoms with E-state index < -0.39 is 23.8 Å². The minimum atomic E-state index is -5.36. The number of halogens is 6. The maximum Gasteiger partial charge on any atom is 0.404 e. The van der Waals surface area contributed by atoms with Gasteiger partial charge in [0, 0.05) is 4.90 Å². The van der Waals surface area contributed by atoms with Crippen LogP contribution in [0.3, 0.4) is 0 Å². The van der Waals surface area contributed by atoms with Crippen LogP contribution in [-0.2, 0) is 0 Å². The first-order chi connectivity index (χ1) is 7.12. The topological polar surface area (TPSA) is 0 Å². The van der Waals surface area contributed by atoms with Crippen LogP contribution in [0.15, 0.2) is 29.2 Å². The Kier molecular flexibility index (Phi) is 3.47. The van der Waals surface area contributed by atoms with Gasteiger partial charge >= 0.3 is 12.4 Å². The molecule has 7 heteroatoms. The summed E-state index contributed by atoms with van der Waals surface area (Å²) < 4.78 is 73.7. The molecule has 0 saturated heterocycles. The number of alkyl halides is 6. The van der Waals surface area contributed by atoms with Crippen LogP contribution in [0, 0.1) is 0 Å². The molecule has 0 N–H and O–H groups in total. The number of hydrogen-bond acceptors (Lipinski definition) is 1. The third kappa shape index (κ3) is 3.07. The second-order valence-corrected chi connectivity index (χ2v) is 3.63. The molecule has 0 nitrogen and oxygen atoms in total. The predicted molar refractivity (Wildman–Crippen MR) is 48.5 cm³/mol. The second kappa shape index (κ2) is 4.20. The quantitative estimate of drug-likeness (QED) is 0.568. The van der Waals surface area contributed by atoms with Gasteiger partial charge in [0.25, 0.3) is 0 Å². The van der Waals surface area contributed by atoms with Gasteiger partial charge in [-0.25, -0.2) is 0 Å². The van der Waals surface area contributed by atoms with Crippen LogP contribution >= 0.6 is 12.6 Å². The molecule has 0 spiro atoms. The summed E-state index contributed by atoms with van der Waals surface area (Å²) >= 11 is 3.71. The fourth-order valence-corrected chi connectivity index (χ4v) is 1.50. The van der Waals surface area contributed by atoms with Crippen molar-refractivity contribution < 1.29 is 26.3 Å². The summed E-state index contributed by atoms with van der Waals surface area (Å²) in [5.74, 6) is -3.47. The summed E-state index contributed by atoms with van der Waals surface area (Å²) in [4.78, 5) is 0.0519. The van der Waals surface area contributed by atoms with Gasteiger partial charge in [0.15, 0.2) is 5.92 Å². The highest BCUT2D eigenvalue weighted by Gasteiger charge is 2.57. The third-order valence-corrected chi connectivity index (χ3v) is 2.14. The molecule has 0 amide bonds. The molecule has 0 bridgehead atoms. The first-order valence-corrected chi connectivity index (χ1v) is 4.49. The van der Waals surface area contributed by atoms with Crippen molar-refractivity contribution in [1.29, 1.82) is 0 Å². The predicted octanol–water partition coefficient (Wildman–Crippen LogP) is 4.18. The van der Waals surface area contributed by atoms with Crippen LogP contribution in [0.5, 0.6) is 0 Å². The Labute approximate surface area is 92.7 Å². The van der Waals surface area contributed by atoms with E-state index in [1.54, 1.807) is 0 Å². The molecule has 0 aliphatic heterocycles. The Hall–Kier alpha value is -0.850. The fraction of sp³-hybridized carbons (Fsp3) is 0.333. The minimum absolute atomic E-state index is 0.0519. The third-order valence-electron chi connectivity index (χ3n) is 1.86. The number of rotatable bonds is 1. The summed E-state index contributed by atoms with van der Waals surface area (Å²) in [5.41, 5.74) is -0.854. The van der Waals surface area contributed by atoms with Crippen molar-refractivity contribution in [2.45, 2.75) is 23.2 Å². The van der Waals surface area contributed by atoms with Crippen LogP contribution in [0.2, 0.25) is 0 Å². The fourth-order valence-electron chi connectivity index (χ4n) is 1.27. The molecule has 0 unspecified atom stereocenters. The zero-order valence-electron chi connectivity index (χ0n) is 7.60. The van der Waals surface area contributed by atoms with E-state index in [4.69, 9.17) is 0 Å². The van der Waals surface area contributed by atoms with Crippen molar-refractivity contribution in [2.24, 2.45) is 0 Å². The monoisotopic (exact) mass is 260 g/mol. The summed E-state index contributed by atoms with van der Waals surface area (Å²) in [7, 11) is 0.